The Kier molecular flexibility index (Phi) is 8.66. The minimum atomic E-state index is -4.73. The summed E-state index contributed by atoms with van der Waals surface area (Å²) in [6.07, 6.45) is -0.864. The highest BCUT2D eigenvalue weighted by molar-refractivity contribution is 7.89. The molecule has 0 unspecified atom stereocenters. The lowest BCUT2D eigenvalue weighted by molar-refractivity contribution is -0.137. The Morgan fingerprint density at radius 2 is 1.72 bits per heavy atom. The standard InChI is InChI=1S/C32H25F3N4O6S2/c33-32(34,35)21-6-4-8-23(16-21)39-30(41)28(15-20-10-11-26-27(14-20)45-19-44-26)46-31(39)25(18-36)29(40)37-22-7-5-9-24(17-22)47(42,43)38-12-2-1-3-13-38/h4-11,14-17H,1-3,12-13,19H2,(H,37,40). The molecule has 1 saturated heterocycles. The summed E-state index contributed by atoms with van der Waals surface area (Å²) in [6, 6.07) is 16.2. The molecule has 0 atom stereocenters. The summed E-state index contributed by atoms with van der Waals surface area (Å²) >= 11 is 0.739. The second-order valence-electron chi connectivity index (χ2n) is 10.7. The summed E-state index contributed by atoms with van der Waals surface area (Å²) in [4.78, 5) is 27.3. The third kappa shape index (κ3) is 6.53. The van der Waals surface area contributed by atoms with Gasteiger partial charge in [0.15, 0.2) is 17.1 Å². The number of halogens is 3. The van der Waals surface area contributed by atoms with Crippen molar-refractivity contribution in [2.24, 2.45) is 0 Å². The Morgan fingerprint density at radius 3 is 2.47 bits per heavy atom. The number of carbonyl (C=O) groups is 1. The van der Waals surface area contributed by atoms with E-state index < -0.39 is 38.8 Å². The first-order chi connectivity index (χ1) is 22.5. The molecular weight excluding hydrogens is 658 g/mol. The van der Waals surface area contributed by atoms with Crippen LogP contribution < -0.4 is 29.5 Å². The number of amides is 1. The van der Waals surface area contributed by atoms with Gasteiger partial charge in [0.2, 0.25) is 16.8 Å². The monoisotopic (exact) mass is 682 g/mol. The second-order valence-corrected chi connectivity index (χ2v) is 13.6. The van der Waals surface area contributed by atoms with Crippen LogP contribution in [0.25, 0.3) is 17.3 Å². The van der Waals surface area contributed by atoms with Crippen molar-refractivity contribution in [1.82, 2.24) is 8.87 Å². The third-order valence-corrected chi connectivity index (χ3v) is 10.5. The van der Waals surface area contributed by atoms with Crippen LogP contribution in [0.5, 0.6) is 11.5 Å². The van der Waals surface area contributed by atoms with Crippen LogP contribution in [0.4, 0.5) is 18.9 Å². The first kappa shape index (κ1) is 32.0. The van der Waals surface area contributed by atoms with Crippen LogP contribution in [-0.2, 0) is 21.0 Å². The van der Waals surface area contributed by atoms with Gasteiger partial charge in [0.05, 0.1) is 20.7 Å². The number of anilines is 1. The molecule has 0 radical (unpaired) electrons. The molecule has 1 N–H and O–H groups in total. The van der Waals surface area contributed by atoms with Gasteiger partial charge in [-0.05, 0) is 73.0 Å². The van der Waals surface area contributed by atoms with Crippen molar-refractivity contribution < 1.29 is 35.9 Å². The van der Waals surface area contributed by atoms with Gasteiger partial charge in [-0.15, -0.1) is 11.3 Å². The molecular formula is C32H25F3N4O6S2. The molecule has 3 aromatic carbocycles. The molecule has 242 valence electrons. The lowest BCUT2D eigenvalue weighted by Gasteiger charge is -2.26. The van der Waals surface area contributed by atoms with Crippen molar-refractivity contribution in [3.8, 4) is 23.3 Å². The van der Waals surface area contributed by atoms with Crippen LogP contribution in [0.1, 0.15) is 30.4 Å². The fraction of sp³-hybridized carbons (Fsp3) is 0.219. The average molecular weight is 683 g/mol. The van der Waals surface area contributed by atoms with Crippen molar-refractivity contribution in [2.45, 2.75) is 30.3 Å². The van der Waals surface area contributed by atoms with E-state index in [1.807, 2.05) is 0 Å². The van der Waals surface area contributed by atoms with Crippen LogP contribution >= 0.6 is 11.3 Å². The third-order valence-electron chi connectivity index (χ3n) is 7.55. The lowest BCUT2D eigenvalue weighted by Crippen LogP contribution is -2.35. The quantitative estimate of drug-likeness (QED) is 0.326. The van der Waals surface area contributed by atoms with E-state index in [2.05, 4.69) is 5.32 Å². The molecule has 0 spiro atoms. The second kappa shape index (κ2) is 12.7. The Bertz CT molecular complexity index is 2220. The highest BCUT2D eigenvalue weighted by atomic mass is 32.2. The molecule has 2 aliphatic heterocycles. The Hall–Kier alpha value is -4.91. The molecule has 2 aliphatic rings. The Labute approximate surface area is 270 Å². The number of piperidine rings is 1. The minimum absolute atomic E-state index is 0.0199. The molecule has 3 heterocycles. The highest BCUT2D eigenvalue weighted by Gasteiger charge is 2.31. The normalized spacial score (nSPS) is 16.1. The van der Waals surface area contributed by atoms with Crippen LogP contribution in [0.2, 0.25) is 0 Å². The summed E-state index contributed by atoms with van der Waals surface area (Å²) in [7, 11) is -3.84. The Morgan fingerprint density at radius 1 is 0.979 bits per heavy atom. The van der Waals surface area contributed by atoms with Crippen molar-refractivity contribution >= 4 is 44.6 Å². The van der Waals surface area contributed by atoms with Gasteiger partial charge < -0.3 is 14.8 Å². The maximum Gasteiger partial charge on any atom is 0.416 e. The molecule has 10 nitrogen and oxygen atoms in total. The number of fused-ring (bicyclic) bond motifs is 1. The number of benzene rings is 3. The van der Waals surface area contributed by atoms with Gasteiger partial charge in [0.1, 0.15) is 10.7 Å². The first-order valence-corrected chi connectivity index (χ1v) is 16.6. The van der Waals surface area contributed by atoms with E-state index in [0.29, 0.717) is 30.2 Å². The van der Waals surface area contributed by atoms with E-state index in [9.17, 15) is 36.4 Å². The molecule has 1 fully saturated rings. The summed E-state index contributed by atoms with van der Waals surface area (Å²) in [5.74, 6) is -0.0569. The van der Waals surface area contributed by atoms with E-state index in [1.54, 1.807) is 24.3 Å². The number of carbonyl (C=O) groups excluding carboxylic acids is 1. The Balaban J connectivity index is 1.46. The number of nitrogens with zero attached hydrogens (tertiary/aromatic N) is 3. The van der Waals surface area contributed by atoms with Crippen molar-refractivity contribution in [3.05, 3.63) is 97.4 Å². The summed E-state index contributed by atoms with van der Waals surface area (Å²) in [6.45, 7) is 0.775. The van der Waals surface area contributed by atoms with E-state index in [-0.39, 0.29) is 32.3 Å². The number of hydrogen-bond donors (Lipinski definition) is 1. The largest absolute Gasteiger partial charge is 0.454 e. The molecule has 0 saturated carbocycles. The molecule has 6 rings (SSSR count). The molecule has 15 heteroatoms. The van der Waals surface area contributed by atoms with Gasteiger partial charge in [-0.2, -0.15) is 22.7 Å². The number of thiazole rings is 1. The van der Waals surface area contributed by atoms with Crippen molar-refractivity contribution in [3.63, 3.8) is 0 Å². The summed E-state index contributed by atoms with van der Waals surface area (Å²) in [5, 5.41) is 12.7. The maximum absolute atomic E-state index is 13.8. The van der Waals surface area contributed by atoms with E-state index >= 15 is 0 Å². The minimum Gasteiger partial charge on any atom is -0.454 e. The topological polar surface area (TPSA) is 131 Å². The van der Waals surface area contributed by atoms with E-state index in [0.717, 1.165) is 53.4 Å². The van der Waals surface area contributed by atoms with Gasteiger partial charge in [-0.3, -0.25) is 14.2 Å². The SMILES string of the molecule is N#CC(C(=O)Nc1cccc(S(=O)(=O)N2CCCCC2)c1)=c1sc(=Cc2ccc3c(c2)OCO3)c(=O)n1-c1cccc(C(F)(F)F)c1. The van der Waals surface area contributed by atoms with Crippen LogP contribution in [0, 0.1) is 11.3 Å². The zero-order valence-electron chi connectivity index (χ0n) is 24.4. The maximum atomic E-state index is 13.8. The van der Waals surface area contributed by atoms with Crippen LogP contribution in [0.15, 0.2) is 76.4 Å². The number of hydrogen-bond acceptors (Lipinski definition) is 8. The number of nitriles is 1. The molecule has 0 aliphatic carbocycles. The lowest BCUT2D eigenvalue weighted by atomic mass is 10.2. The van der Waals surface area contributed by atoms with E-state index in [4.69, 9.17) is 9.47 Å². The fourth-order valence-electron chi connectivity index (χ4n) is 5.24. The van der Waals surface area contributed by atoms with Gasteiger partial charge in [0, 0.05) is 18.8 Å². The molecule has 47 heavy (non-hydrogen) atoms. The number of rotatable bonds is 6. The van der Waals surface area contributed by atoms with E-state index in [1.165, 1.54) is 40.7 Å². The molecule has 1 amide bonds. The number of sulfonamides is 1. The number of ether oxygens (including phenoxy) is 2. The molecule has 1 aromatic heterocycles. The fourth-order valence-corrected chi connectivity index (χ4v) is 7.90. The predicted octanol–water partition coefficient (Wildman–Crippen LogP) is 3.96. The number of alkyl halides is 3. The summed E-state index contributed by atoms with van der Waals surface area (Å²) in [5.41, 5.74) is -2.01. The van der Waals surface area contributed by atoms with Gasteiger partial charge in [-0.25, -0.2) is 8.42 Å². The van der Waals surface area contributed by atoms with Crippen LogP contribution in [-0.4, -0.2) is 43.1 Å². The zero-order valence-corrected chi connectivity index (χ0v) is 26.0. The van der Waals surface area contributed by atoms with Gasteiger partial charge in [-0.1, -0.05) is 24.6 Å². The average Bonchev–Trinajstić information content (AvgIpc) is 3.65. The molecule has 4 aromatic rings. The van der Waals surface area contributed by atoms with Gasteiger partial charge >= 0.3 is 6.18 Å². The zero-order chi connectivity index (χ0) is 33.3. The van der Waals surface area contributed by atoms with Crippen molar-refractivity contribution in [1.29, 1.82) is 5.26 Å². The predicted molar refractivity (Wildman–Crippen MR) is 167 cm³/mol. The number of aromatic nitrogens is 1. The highest BCUT2D eigenvalue weighted by Crippen LogP contribution is 2.33. The summed E-state index contributed by atoms with van der Waals surface area (Å²) < 4.78 is 80.1. The number of nitrogens with one attached hydrogen (secondary N) is 1. The van der Waals surface area contributed by atoms with Gasteiger partial charge in [0.25, 0.3) is 11.5 Å². The van der Waals surface area contributed by atoms with Crippen LogP contribution in [0.3, 0.4) is 0 Å². The smallest absolute Gasteiger partial charge is 0.416 e. The first-order valence-electron chi connectivity index (χ1n) is 14.3. The molecule has 0 bridgehead atoms. The van der Waals surface area contributed by atoms with Crippen molar-refractivity contribution in [2.75, 3.05) is 25.2 Å².